The molecular formula is C23H18Cl3N3O5S. The molecule has 2 N–H and O–H groups in total. The minimum Gasteiger partial charge on any atom is -0.362 e. The Morgan fingerprint density at radius 3 is 2.29 bits per heavy atom. The van der Waals surface area contributed by atoms with Crippen LogP contribution >= 0.6 is 34.8 Å². The van der Waals surface area contributed by atoms with Gasteiger partial charge in [0.1, 0.15) is 0 Å². The highest BCUT2D eigenvalue weighted by molar-refractivity contribution is 7.92. The Labute approximate surface area is 216 Å². The first-order valence-electron chi connectivity index (χ1n) is 10.2. The van der Waals surface area contributed by atoms with Gasteiger partial charge in [0.15, 0.2) is 5.94 Å². The molecule has 182 valence electrons. The van der Waals surface area contributed by atoms with Gasteiger partial charge in [-0.1, -0.05) is 34.8 Å². The van der Waals surface area contributed by atoms with Gasteiger partial charge in [-0.3, -0.25) is 13.9 Å². The lowest BCUT2D eigenvalue weighted by Gasteiger charge is -2.28. The van der Waals surface area contributed by atoms with Gasteiger partial charge in [0.05, 0.1) is 40.1 Å². The molecule has 3 aromatic carbocycles. The van der Waals surface area contributed by atoms with E-state index in [4.69, 9.17) is 39.5 Å². The fourth-order valence-corrected chi connectivity index (χ4v) is 5.13. The molecule has 8 nitrogen and oxygen atoms in total. The second-order valence-corrected chi connectivity index (χ2v) is 10.6. The summed E-state index contributed by atoms with van der Waals surface area (Å²) in [6.45, 7) is 0.409. The number of nitrogens with one attached hydrogen (secondary N) is 2. The molecule has 0 aromatic heterocycles. The number of carbonyl (C=O) groups is 2. The third-order valence-electron chi connectivity index (χ3n) is 5.07. The highest BCUT2D eigenvalue weighted by Crippen LogP contribution is 2.29. The quantitative estimate of drug-likeness (QED) is 0.447. The molecule has 0 atom stereocenters. The van der Waals surface area contributed by atoms with Crippen molar-refractivity contribution in [1.29, 1.82) is 0 Å². The fraction of sp³-hybridized carbons (Fsp3) is 0.130. The maximum absolute atomic E-state index is 12.8. The Kier molecular flexibility index (Phi) is 7.53. The summed E-state index contributed by atoms with van der Waals surface area (Å²) in [5.74, 6) is -1.34. The average molecular weight is 555 g/mol. The van der Waals surface area contributed by atoms with E-state index in [0.717, 1.165) is 0 Å². The van der Waals surface area contributed by atoms with Gasteiger partial charge in [0, 0.05) is 16.3 Å². The molecule has 0 bridgehead atoms. The van der Waals surface area contributed by atoms with Crippen molar-refractivity contribution in [2.45, 2.75) is 0 Å². The number of anilines is 3. The number of halogens is 3. The van der Waals surface area contributed by atoms with Crippen LogP contribution in [0.2, 0.25) is 15.1 Å². The first kappa shape index (κ1) is 25.3. The summed E-state index contributed by atoms with van der Waals surface area (Å²) in [7, 11) is -3.62. The number of amides is 2. The lowest BCUT2D eigenvalue weighted by atomic mass is 10.1. The molecule has 0 radical (unpaired) electrons. The van der Waals surface area contributed by atoms with E-state index >= 15 is 0 Å². The molecule has 2 amide bonds. The molecule has 3 aromatic rings. The highest BCUT2D eigenvalue weighted by Gasteiger charge is 2.27. The van der Waals surface area contributed by atoms with E-state index in [-0.39, 0.29) is 28.8 Å². The Morgan fingerprint density at radius 1 is 0.857 bits per heavy atom. The van der Waals surface area contributed by atoms with E-state index in [1.807, 2.05) is 0 Å². The number of ether oxygens (including phenoxy) is 1. The first-order chi connectivity index (χ1) is 16.6. The highest BCUT2D eigenvalue weighted by atomic mass is 35.5. The lowest BCUT2D eigenvalue weighted by Crippen LogP contribution is -2.41. The second kappa shape index (κ2) is 10.4. The van der Waals surface area contributed by atoms with Crippen LogP contribution in [0.5, 0.6) is 0 Å². The Hall–Kier alpha value is -2.82. The summed E-state index contributed by atoms with van der Waals surface area (Å²) < 4.78 is 30.6. The first-order valence-corrected chi connectivity index (χ1v) is 12.9. The standard InChI is InChI=1S/C23H18Cl3N3O5S/c24-15-3-1-14(2-4-15)22(30)28-21-11-16(5-8-19(21)25)27-23(31)18-7-6-17(12-20(18)26)29-9-10-34-13-35(29,32)33/h1-8,11-12H,9-10,13H2,(H,27,31)(H,28,30). The third-order valence-corrected chi connectivity index (χ3v) is 7.49. The van der Waals surface area contributed by atoms with Crippen LogP contribution in [-0.2, 0) is 14.8 Å². The summed E-state index contributed by atoms with van der Waals surface area (Å²) in [5, 5.41) is 6.25. The van der Waals surface area contributed by atoms with E-state index < -0.39 is 27.8 Å². The molecule has 1 saturated heterocycles. The van der Waals surface area contributed by atoms with Gasteiger partial charge in [-0.2, -0.15) is 0 Å². The molecule has 12 heteroatoms. The zero-order chi connectivity index (χ0) is 25.2. The van der Waals surface area contributed by atoms with Crippen LogP contribution < -0.4 is 14.9 Å². The van der Waals surface area contributed by atoms with Gasteiger partial charge < -0.3 is 15.4 Å². The van der Waals surface area contributed by atoms with E-state index in [1.54, 1.807) is 30.3 Å². The normalized spacial score (nSPS) is 14.9. The van der Waals surface area contributed by atoms with Gasteiger partial charge in [-0.05, 0) is 60.7 Å². The zero-order valence-electron chi connectivity index (χ0n) is 17.9. The molecule has 4 rings (SSSR count). The SMILES string of the molecule is O=C(Nc1cc(NC(=O)c2ccc(N3CCOCS3(=O)=O)cc2Cl)ccc1Cl)c1ccc(Cl)cc1. The van der Waals surface area contributed by atoms with Crippen LogP contribution in [0.1, 0.15) is 20.7 Å². The molecule has 0 unspecified atom stereocenters. The molecule has 0 saturated carbocycles. The number of benzene rings is 3. The smallest absolute Gasteiger partial charge is 0.259 e. The summed E-state index contributed by atoms with van der Waals surface area (Å²) in [6, 6.07) is 15.3. The Balaban J connectivity index is 1.50. The Morgan fingerprint density at radius 2 is 1.60 bits per heavy atom. The minimum absolute atomic E-state index is 0.0759. The van der Waals surface area contributed by atoms with Crippen LogP contribution in [0.15, 0.2) is 60.7 Å². The number of sulfonamides is 1. The molecule has 1 aliphatic heterocycles. The monoisotopic (exact) mass is 553 g/mol. The van der Waals surface area contributed by atoms with Crippen LogP contribution in [0.4, 0.5) is 17.1 Å². The van der Waals surface area contributed by atoms with Crippen LogP contribution in [-0.4, -0.2) is 39.3 Å². The molecule has 0 spiro atoms. The van der Waals surface area contributed by atoms with E-state index in [2.05, 4.69) is 10.6 Å². The number of hydrogen-bond donors (Lipinski definition) is 2. The molecule has 0 aliphatic carbocycles. The minimum atomic E-state index is -3.62. The largest absolute Gasteiger partial charge is 0.362 e. The summed E-state index contributed by atoms with van der Waals surface area (Å²) in [4.78, 5) is 25.4. The zero-order valence-corrected chi connectivity index (χ0v) is 21.0. The predicted octanol–water partition coefficient (Wildman–Crippen LogP) is 5.28. The van der Waals surface area contributed by atoms with Crippen LogP contribution in [0.3, 0.4) is 0 Å². The predicted molar refractivity (Wildman–Crippen MR) is 137 cm³/mol. The molecule has 1 fully saturated rings. The molecule has 1 heterocycles. The fourth-order valence-electron chi connectivity index (χ4n) is 3.34. The molecular weight excluding hydrogens is 537 g/mol. The van der Waals surface area contributed by atoms with Crippen molar-refractivity contribution in [2.75, 3.05) is 34.0 Å². The van der Waals surface area contributed by atoms with Gasteiger partial charge >= 0.3 is 0 Å². The Bertz CT molecular complexity index is 1400. The van der Waals surface area contributed by atoms with Crippen LogP contribution in [0, 0.1) is 0 Å². The van der Waals surface area contributed by atoms with E-state index in [0.29, 0.717) is 27.6 Å². The van der Waals surface area contributed by atoms with Crippen molar-refractivity contribution in [3.8, 4) is 0 Å². The van der Waals surface area contributed by atoms with Gasteiger partial charge in [-0.25, -0.2) is 8.42 Å². The average Bonchev–Trinajstić information content (AvgIpc) is 2.81. The van der Waals surface area contributed by atoms with Crippen molar-refractivity contribution in [3.63, 3.8) is 0 Å². The number of rotatable bonds is 5. The summed E-state index contributed by atoms with van der Waals surface area (Å²) >= 11 is 18.4. The molecule has 1 aliphatic rings. The van der Waals surface area contributed by atoms with Crippen molar-refractivity contribution in [2.24, 2.45) is 0 Å². The van der Waals surface area contributed by atoms with Crippen molar-refractivity contribution in [1.82, 2.24) is 0 Å². The van der Waals surface area contributed by atoms with Crippen LogP contribution in [0.25, 0.3) is 0 Å². The van der Waals surface area contributed by atoms with Gasteiger partial charge in [0.2, 0.25) is 0 Å². The topological polar surface area (TPSA) is 105 Å². The van der Waals surface area contributed by atoms with Crippen molar-refractivity contribution < 1.29 is 22.7 Å². The number of nitrogens with zero attached hydrogens (tertiary/aromatic N) is 1. The third kappa shape index (κ3) is 5.88. The lowest BCUT2D eigenvalue weighted by molar-refractivity contribution is 0.101. The second-order valence-electron chi connectivity index (χ2n) is 7.48. The molecule has 35 heavy (non-hydrogen) atoms. The van der Waals surface area contributed by atoms with Crippen molar-refractivity contribution in [3.05, 3.63) is 86.9 Å². The maximum atomic E-state index is 12.8. The summed E-state index contributed by atoms with van der Waals surface area (Å²) in [5.41, 5.74) is 1.52. The van der Waals surface area contributed by atoms with Crippen molar-refractivity contribution >= 4 is 73.7 Å². The maximum Gasteiger partial charge on any atom is 0.259 e. The van der Waals surface area contributed by atoms with E-state index in [9.17, 15) is 18.0 Å². The number of carbonyl (C=O) groups excluding carboxylic acids is 2. The van der Waals surface area contributed by atoms with Gasteiger partial charge in [0.25, 0.3) is 21.8 Å². The summed E-state index contributed by atoms with van der Waals surface area (Å²) in [6.07, 6.45) is 0. The van der Waals surface area contributed by atoms with E-state index in [1.165, 1.54) is 34.6 Å². The number of hydrogen-bond acceptors (Lipinski definition) is 5. The van der Waals surface area contributed by atoms with Gasteiger partial charge in [-0.15, -0.1) is 0 Å².